The molecular formula is C14H25N3O. The summed E-state index contributed by atoms with van der Waals surface area (Å²) in [5.74, 6) is 0.368. The predicted octanol–water partition coefficient (Wildman–Crippen LogP) is 2.23. The lowest BCUT2D eigenvalue weighted by atomic mass is 9.96. The molecule has 1 rings (SSSR count). The zero-order valence-corrected chi connectivity index (χ0v) is 11.8. The van der Waals surface area contributed by atoms with E-state index in [1.165, 1.54) is 0 Å². The topological polar surface area (TPSA) is 58.0 Å². The third-order valence-electron chi connectivity index (χ3n) is 3.56. The van der Waals surface area contributed by atoms with Crippen LogP contribution in [-0.4, -0.2) is 27.7 Å². The Morgan fingerprint density at radius 2 is 1.83 bits per heavy atom. The minimum absolute atomic E-state index is 0.114. The van der Waals surface area contributed by atoms with Crippen molar-refractivity contribution in [3.63, 3.8) is 0 Å². The van der Waals surface area contributed by atoms with E-state index in [4.69, 9.17) is 0 Å². The third-order valence-corrected chi connectivity index (χ3v) is 3.56. The van der Waals surface area contributed by atoms with Gasteiger partial charge in [0.25, 0.3) is 0 Å². The molecule has 0 aromatic carbocycles. The quantitative estimate of drug-likeness (QED) is 0.780. The van der Waals surface area contributed by atoms with Crippen LogP contribution in [0.2, 0.25) is 0 Å². The van der Waals surface area contributed by atoms with Crippen molar-refractivity contribution in [2.75, 3.05) is 6.54 Å². The zero-order valence-electron chi connectivity index (χ0n) is 11.8. The largest absolute Gasteiger partial charge is 0.392 e. The van der Waals surface area contributed by atoms with Crippen LogP contribution < -0.4 is 5.32 Å². The van der Waals surface area contributed by atoms with Crippen LogP contribution in [0.3, 0.4) is 0 Å². The minimum Gasteiger partial charge on any atom is -0.392 e. The molecule has 0 spiro atoms. The van der Waals surface area contributed by atoms with E-state index in [-0.39, 0.29) is 12.1 Å². The fourth-order valence-corrected chi connectivity index (χ4v) is 2.24. The molecule has 1 aromatic heterocycles. The Balaban J connectivity index is 2.51. The van der Waals surface area contributed by atoms with E-state index in [0.717, 1.165) is 24.2 Å². The number of rotatable bonds is 7. The van der Waals surface area contributed by atoms with Gasteiger partial charge in [-0.2, -0.15) is 0 Å². The van der Waals surface area contributed by atoms with Crippen LogP contribution in [0.5, 0.6) is 0 Å². The molecule has 2 unspecified atom stereocenters. The Kier molecular flexibility index (Phi) is 6.22. The molecule has 0 aliphatic carbocycles. The summed E-state index contributed by atoms with van der Waals surface area (Å²) >= 11 is 0. The van der Waals surface area contributed by atoms with Gasteiger partial charge in [-0.05, 0) is 19.8 Å². The average Bonchev–Trinajstić information content (AvgIpc) is 2.38. The van der Waals surface area contributed by atoms with Gasteiger partial charge in [-0.25, -0.2) is 0 Å². The molecule has 1 aromatic rings. The Morgan fingerprint density at radius 1 is 1.22 bits per heavy atom. The van der Waals surface area contributed by atoms with Gasteiger partial charge in [-0.1, -0.05) is 26.7 Å². The van der Waals surface area contributed by atoms with Crippen molar-refractivity contribution in [2.45, 2.75) is 52.7 Å². The van der Waals surface area contributed by atoms with E-state index < -0.39 is 0 Å². The molecule has 0 amide bonds. The first-order chi connectivity index (χ1) is 8.60. The van der Waals surface area contributed by atoms with Crippen molar-refractivity contribution < 1.29 is 5.11 Å². The first-order valence-corrected chi connectivity index (χ1v) is 6.79. The molecule has 18 heavy (non-hydrogen) atoms. The van der Waals surface area contributed by atoms with E-state index in [2.05, 4.69) is 36.1 Å². The van der Waals surface area contributed by atoms with Crippen LogP contribution in [0, 0.1) is 12.8 Å². The molecule has 0 bridgehead atoms. The molecule has 1 heterocycles. The van der Waals surface area contributed by atoms with Crippen molar-refractivity contribution in [3.8, 4) is 0 Å². The first-order valence-electron chi connectivity index (χ1n) is 6.79. The lowest BCUT2D eigenvalue weighted by molar-refractivity contribution is 0.0987. The summed E-state index contributed by atoms with van der Waals surface area (Å²) in [6.45, 7) is 8.85. The monoisotopic (exact) mass is 251 g/mol. The van der Waals surface area contributed by atoms with Gasteiger partial charge in [0.1, 0.15) is 0 Å². The second-order valence-electron chi connectivity index (χ2n) is 4.80. The highest BCUT2D eigenvalue weighted by Gasteiger charge is 2.17. The van der Waals surface area contributed by atoms with Gasteiger partial charge in [0.2, 0.25) is 0 Å². The Labute approximate surface area is 110 Å². The smallest absolute Gasteiger partial charge is 0.0782 e. The molecule has 0 saturated carbocycles. The summed E-state index contributed by atoms with van der Waals surface area (Å²) in [4.78, 5) is 8.56. The van der Waals surface area contributed by atoms with Gasteiger partial charge in [0.15, 0.2) is 0 Å². The highest BCUT2D eigenvalue weighted by molar-refractivity contribution is 5.12. The van der Waals surface area contributed by atoms with Gasteiger partial charge in [-0.3, -0.25) is 9.97 Å². The van der Waals surface area contributed by atoms with Crippen molar-refractivity contribution in [3.05, 3.63) is 23.8 Å². The number of aromatic nitrogens is 2. The Bertz CT molecular complexity index is 353. The van der Waals surface area contributed by atoms with Gasteiger partial charge in [0.05, 0.1) is 17.5 Å². The number of hydrogen-bond donors (Lipinski definition) is 2. The summed E-state index contributed by atoms with van der Waals surface area (Å²) in [6, 6.07) is 0.114. The van der Waals surface area contributed by atoms with E-state index >= 15 is 0 Å². The predicted molar refractivity (Wildman–Crippen MR) is 73.3 cm³/mol. The van der Waals surface area contributed by atoms with Gasteiger partial charge >= 0.3 is 0 Å². The fourth-order valence-electron chi connectivity index (χ4n) is 2.24. The second kappa shape index (κ2) is 7.44. The van der Waals surface area contributed by atoms with E-state index in [1.807, 2.05) is 6.92 Å². The zero-order chi connectivity index (χ0) is 13.5. The molecule has 2 atom stereocenters. The number of aliphatic hydroxyl groups excluding tert-OH is 1. The molecule has 0 saturated heterocycles. The number of nitrogens with zero attached hydrogens (tertiary/aromatic N) is 2. The lowest BCUT2D eigenvalue weighted by Gasteiger charge is -2.23. The van der Waals surface area contributed by atoms with Crippen molar-refractivity contribution >= 4 is 0 Å². The number of aryl methyl sites for hydroxylation is 1. The molecule has 102 valence electrons. The van der Waals surface area contributed by atoms with Gasteiger partial charge in [0, 0.05) is 25.0 Å². The van der Waals surface area contributed by atoms with E-state index in [9.17, 15) is 5.11 Å². The lowest BCUT2D eigenvalue weighted by Crippen LogP contribution is -2.34. The van der Waals surface area contributed by atoms with Gasteiger partial charge in [-0.15, -0.1) is 0 Å². The van der Waals surface area contributed by atoms with Crippen molar-refractivity contribution in [2.24, 2.45) is 5.92 Å². The van der Waals surface area contributed by atoms with Crippen LogP contribution in [0.15, 0.2) is 12.4 Å². The minimum atomic E-state index is -0.292. The number of nitrogens with one attached hydrogen (secondary N) is 1. The highest BCUT2D eigenvalue weighted by Crippen LogP contribution is 2.15. The standard InChI is InChI=1S/C14H25N3O/c1-5-12(6-2)13(18)9-17-11(4)14-10(3)15-7-8-16-14/h7-8,11-13,17-18H,5-6,9H2,1-4H3. The molecule has 0 radical (unpaired) electrons. The summed E-state index contributed by atoms with van der Waals surface area (Å²) < 4.78 is 0. The summed E-state index contributed by atoms with van der Waals surface area (Å²) in [6.07, 6.45) is 5.14. The number of hydrogen-bond acceptors (Lipinski definition) is 4. The maximum atomic E-state index is 10.1. The highest BCUT2D eigenvalue weighted by atomic mass is 16.3. The van der Waals surface area contributed by atoms with Crippen LogP contribution >= 0.6 is 0 Å². The van der Waals surface area contributed by atoms with Crippen LogP contribution in [0.25, 0.3) is 0 Å². The van der Waals surface area contributed by atoms with Crippen molar-refractivity contribution in [1.82, 2.24) is 15.3 Å². The molecule has 0 aliphatic rings. The van der Waals surface area contributed by atoms with Crippen LogP contribution in [0.4, 0.5) is 0 Å². The Hall–Kier alpha value is -1.00. The van der Waals surface area contributed by atoms with Crippen molar-refractivity contribution in [1.29, 1.82) is 0 Å². The maximum Gasteiger partial charge on any atom is 0.0782 e. The molecule has 4 heteroatoms. The average molecular weight is 251 g/mol. The molecule has 2 N–H and O–H groups in total. The molecule has 4 nitrogen and oxygen atoms in total. The van der Waals surface area contributed by atoms with E-state index in [1.54, 1.807) is 12.4 Å². The summed E-state index contributed by atoms with van der Waals surface area (Å²) in [5, 5.41) is 13.4. The molecule has 0 fully saturated rings. The van der Waals surface area contributed by atoms with Crippen LogP contribution in [0.1, 0.15) is 51.0 Å². The van der Waals surface area contributed by atoms with Crippen LogP contribution in [-0.2, 0) is 0 Å². The normalized spacial score (nSPS) is 14.8. The maximum absolute atomic E-state index is 10.1. The SMILES string of the molecule is CCC(CC)C(O)CNC(C)c1nccnc1C. The summed E-state index contributed by atoms with van der Waals surface area (Å²) in [5.41, 5.74) is 1.89. The Morgan fingerprint density at radius 3 is 2.39 bits per heavy atom. The summed E-state index contributed by atoms with van der Waals surface area (Å²) in [7, 11) is 0. The molecule has 0 aliphatic heterocycles. The molecular weight excluding hydrogens is 226 g/mol. The fraction of sp³-hybridized carbons (Fsp3) is 0.714. The van der Waals surface area contributed by atoms with E-state index in [0.29, 0.717) is 12.5 Å². The van der Waals surface area contributed by atoms with Gasteiger partial charge < -0.3 is 10.4 Å². The third kappa shape index (κ3) is 4.03. The first kappa shape index (κ1) is 15.1. The second-order valence-corrected chi connectivity index (χ2v) is 4.80. The number of aliphatic hydroxyl groups is 1.